The van der Waals surface area contributed by atoms with E-state index in [0.29, 0.717) is 37.2 Å². The second-order valence-electron chi connectivity index (χ2n) is 8.57. The summed E-state index contributed by atoms with van der Waals surface area (Å²) in [7, 11) is 5.16. The summed E-state index contributed by atoms with van der Waals surface area (Å²) in [6.07, 6.45) is 1.25. The van der Waals surface area contributed by atoms with Crippen LogP contribution in [0.5, 0.6) is 5.75 Å². The standard InChI is InChI=1S/C26H28N2O3S/c1-27(2)25(30)26(16-19-7-9-20(10-8-19)22-11-14-32-17-22)12-13-28(18-26)24(29)21-5-4-6-23(15-21)31-3/h4-11,14-15,17H,12-13,16,18H2,1-3H3/t26-/m0/s1. The molecule has 0 aliphatic carbocycles. The van der Waals surface area contributed by atoms with Gasteiger partial charge in [0.25, 0.3) is 5.91 Å². The lowest BCUT2D eigenvalue weighted by Crippen LogP contribution is -2.44. The van der Waals surface area contributed by atoms with Gasteiger partial charge in [-0.3, -0.25) is 9.59 Å². The predicted octanol–water partition coefficient (Wildman–Crippen LogP) is 4.59. The minimum Gasteiger partial charge on any atom is -0.497 e. The molecule has 6 heteroatoms. The molecule has 0 bridgehead atoms. The Kier molecular flexibility index (Phi) is 6.33. The second kappa shape index (κ2) is 9.17. The van der Waals surface area contributed by atoms with E-state index < -0.39 is 5.41 Å². The molecule has 1 aliphatic rings. The minimum absolute atomic E-state index is 0.0647. The Morgan fingerprint density at radius 2 is 1.88 bits per heavy atom. The average Bonchev–Trinajstić information content (AvgIpc) is 3.50. The van der Waals surface area contributed by atoms with Crippen molar-refractivity contribution in [2.45, 2.75) is 12.8 Å². The number of nitrogens with zero attached hydrogens (tertiary/aromatic N) is 2. The summed E-state index contributed by atoms with van der Waals surface area (Å²) in [5.41, 5.74) is 3.44. The van der Waals surface area contributed by atoms with E-state index in [-0.39, 0.29) is 11.8 Å². The lowest BCUT2D eigenvalue weighted by atomic mass is 9.79. The molecule has 166 valence electrons. The van der Waals surface area contributed by atoms with Crippen molar-refractivity contribution in [2.24, 2.45) is 5.41 Å². The highest BCUT2D eigenvalue weighted by Gasteiger charge is 2.46. The third-order valence-corrected chi connectivity index (χ3v) is 6.85. The van der Waals surface area contributed by atoms with Gasteiger partial charge in [-0.1, -0.05) is 30.3 Å². The van der Waals surface area contributed by atoms with Gasteiger partial charge in [-0.05, 0) is 64.6 Å². The Bertz CT molecular complexity index is 1090. The van der Waals surface area contributed by atoms with Gasteiger partial charge in [0.15, 0.2) is 0 Å². The molecule has 4 rings (SSSR count). The molecule has 1 aliphatic heterocycles. The molecule has 0 radical (unpaired) electrons. The molecule has 1 atom stereocenters. The molecule has 32 heavy (non-hydrogen) atoms. The molecule has 2 aromatic carbocycles. The highest BCUT2D eigenvalue weighted by Crippen LogP contribution is 2.37. The van der Waals surface area contributed by atoms with Crippen molar-refractivity contribution in [3.8, 4) is 16.9 Å². The number of hydrogen-bond donors (Lipinski definition) is 0. The zero-order valence-corrected chi connectivity index (χ0v) is 19.5. The van der Waals surface area contributed by atoms with Crippen LogP contribution in [0, 0.1) is 5.41 Å². The Morgan fingerprint density at radius 1 is 1.09 bits per heavy atom. The highest BCUT2D eigenvalue weighted by atomic mass is 32.1. The Balaban J connectivity index is 1.56. The smallest absolute Gasteiger partial charge is 0.254 e. The number of rotatable bonds is 6. The van der Waals surface area contributed by atoms with E-state index in [0.717, 1.165) is 5.56 Å². The van der Waals surface area contributed by atoms with Gasteiger partial charge in [0, 0.05) is 32.7 Å². The normalized spacial score (nSPS) is 17.9. The summed E-state index contributed by atoms with van der Waals surface area (Å²) in [6, 6.07) is 17.7. The molecule has 0 N–H and O–H groups in total. The lowest BCUT2D eigenvalue weighted by molar-refractivity contribution is -0.138. The van der Waals surface area contributed by atoms with Crippen molar-refractivity contribution in [1.29, 1.82) is 0 Å². The first kappa shape index (κ1) is 22.1. The summed E-state index contributed by atoms with van der Waals surface area (Å²) in [4.78, 5) is 29.9. The van der Waals surface area contributed by atoms with Gasteiger partial charge in [0.05, 0.1) is 12.5 Å². The van der Waals surface area contributed by atoms with E-state index in [9.17, 15) is 9.59 Å². The van der Waals surface area contributed by atoms with E-state index in [1.54, 1.807) is 54.5 Å². The molecule has 2 heterocycles. The molecule has 2 amide bonds. The van der Waals surface area contributed by atoms with Crippen LogP contribution in [0.4, 0.5) is 0 Å². The van der Waals surface area contributed by atoms with Gasteiger partial charge in [-0.25, -0.2) is 0 Å². The first-order valence-corrected chi connectivity index (χ1v) is 11.6. The zero-order valence-electron chi connectivity index (χ0n) is 18.7. The molecule has 0 spiro atoms. The second-order valence-corrected chi connectivity index (χ2v) is 9.35. The van der Waals surface area contributed by atoms with Crippen LogP contribution < -0.4 is 4.74 Å². The fraction of sp³-hybridized carbons (Fsp3) is 0.308. The van der Waals surface area contributed by atoms with Crippen molar-refractivity contribution in [2.75, 3.05) is 34.3 Å². The van der Waals surface area contributed by atoms with Crippen LogP contribution in [0.25, 0.3) is 11.1 Å². The molecular weight excluding hydrogens is 420 g/mol. The van der Waals surface area contributed by atoms with E-state index in [1.807, 2.05) is 12.1 Å². The van der Waals surface area contributed by atoms with Gasteiger partial charge < -0.3 is 14.5 Å². The number of hydrogen-bond acceptors (Lipinski definition) is 4. The van der Waals surface area contributed by atoms with Gasteiger partial charge >= 0.3 is 0 Å². The number of methoxy groups -OCH3 is 1. The average molecular weight is 449 g/mol. The van der Waals surface area contributed by atoms with E-state index in [2.05, 4.69) is 41.1 Å². The maximum Gasteiger partial charge on any atom is 0.254 e. The van der Waals surface area contributed by atoms with Crippen molar-refractivity contribution >= 4 is 23.2 Å². The molecule has 1 fully saturated rings. The Hall–Kier alpha value is -3.12. The predicted molar refractivity (Wildman–Crippen MR) is 128 cm³/mol. The van der Waals surface area contributed by atoms with Crippen LogP contribution in [0.1, 0.15) is 22.3 Å². The molecule has 1 aromatic heterocycles. The number of ether oxygens (including phenoxy) is 1. The van der Waals surface area contributed by atoms with Crippen LogP contribution in [-0.2, 0) is 11.2 Å². The number of likely N-dealkylation sites (tertiary alicyclic amines) is 1. The molecule has 3 aromatic rings. The van der Waals surface area contributed by atoms with Gasteiger partial charge in [0.1, 0.15) is 5.75 Å². The molecule has 0 unspecified atom stereocenters. The molecular formula is C26H28N2O3S. The maximum atomic E-state index is 13.3. The summed E-state index contributed by atoms with van der Waals surface area (Å²) < 4.78 is 5.26. The van der Waals surface area contributed by atoms with E-state index >= 15 is 0 Å². The van der Waals surface area contributed by atoms with Crippen LogP contribution in [0.15, 0.2) is 65.4 Å². The van der Waals surface area contributed by atoms with Crippen LogP contribution in [-0.4, -0.2) is 55.9 Å². The van der Waals surface area contributed by atoms with E-state index in [1.165, 1.54) is 11.1 Å². The Morgan fingerprint density at radius 3 is 2.53 bits per heavy atom. The summed E-state index contributed by atoms with van der Waals surface area (Å²) in [5.74, 6) is 0.655. The first-order valence-electron chi connectivity index (χ1n) is 10.7. The van der Waals surface area contributed by atoms with E-state index in [4.69, 9.17) is 4.74 Å². The summed E-state index contributed by atoms with van der Waals surface area (Å²) in [5, 5.41) is 4.20. The number of thiophene rings is 1. The Labute approximate surface area is 193 Å². The fourth-order valence-corrected chi connectivity index (χ4v) is 5.15. The molecule has 1 saturated heterocycles. The summed E-state index contributed by atoms with van der Waals surface area (Å²) >= 11 is 1.68. The van der Waals surface area contributed by atoms with Gasteiger partial charge in [0.2, 0.25) is 5.91 Å². The van der Waals surface area contributed by atoms with Crippen molar-refractivity contribution in [3.05, 3.63) is 76.5 Å². The zero-order chi connectivity index (χ0) is 22.7. The number of amides is 2. The largest absolute Gasteiger partial charge is 0.497 e. The van der Waals surface area contributed by atoms with Gasteiger partial charge in [-0.2, -0.15) is 11.3 Å². The van der Waals surface area contributed by atoms with Gasteiger partial charge in [-0.15, -0.1) is 0 Å². The molecule has 5 nitrogen and oxygen atoms in total. The quantitative estimate of drug-likeness (QED) is 0.554. The minimum atomic E-state index is -0.623. The first-order chi connectivity index (χ1) is 15.4. The topological polar surface area (TPSA) is 49.9 Å². The summed E-state index contributed by atoms with van der Waals surface area (Å²) in [6.45, 7) is 0.967. The van der Waals surface area contributed by atoms with Crippen LogP contribution >= 0.6 is 11.3 Å². The maximum absolute atomic E-state index is 13.3. The monoisotopic (exact) mass is 448 g/mol. The lowest BCUT2D eigenvalue weighted by Gasteiger charge is -2.31. The third-order valence-electron chi connectivity index (χ3n) is 6.17. The highest BCUT2D eigenvalue weighted by molar-refractivity contribution is 7.08. The number of carbonyl (C=O) groups excluding carboxylic acids is 2. The van der Waals surface area contributed by atoms with Crippen molar-refractivity contribution < 1.29 is 14.3 Å². The number of carbonyl (C=O) groups is 2. The fourth-order valence-electron chi connectivity index (χ4n) is 4.49. The van der Waals surface area contributed by atoms with Crippen molar-refractivity contribution in [1.82, 2.24) is 9.80 Å². The number of benzene rings is 2. The van der Waals surface area contributed by atoms with Crippen molar-refractivity contribution in [3.63, 3.8) is 0 Å². The van der Waals surface area contributed by atoms with Crippen LogP contribution in [0.2, 0.25) is 0 Å². The van der Waals surface area contributed by atoms with Crippen LogP contribution in [0.3, 0.4) is 0 Å². The third kappa shape index (κ3) is 4.41. The molecule has 0 saturated carbocycles. The SMILES string of the molecule is COc1cccc(C(=O)N2CC[C@@](Cc3ccc(-c4ccsc4)cc3)(C(=O)N(C)C)C2)c1.